The zero-order chi connectivity index (χ0) is 96.5. The molecular weight excluding hydrogens is 1700 g/mol. The molecule has 0 saturated heterocycles. The molecule has 1 saturated carbocycles. The molecule has 8 aromatic rings. The Kier molecular flexibility index (Phi) is 38.5. The second kappa shape index (κ2) is 47.8. The number of carbonyl (C=O) groups excluding carboxylic acids is 2. The maximum atomic E-state index is 11.9. The van der Waals surface area contributed by atoms with Crippen LogP contribution in [-0.2, 0) is 137 Å². The molecule has 4 aliphatic carbocycles. The number of likely N-dealkylation sites (N-methyl/N-ethyl adjacent to an activating group) is 1. The van der Waals surface area contributed by atoms with Crippen molar-refractivity contribution in [3.05, 3.63) is 279 Å². The van der Waals surface area contributed by atoms with Crippen LogP contribution in [0.4, 0.5) is 0 Å². The van der Waals surface area contributed by atoms with Gasteiger partial charge in [-0.05, 0) is 298 Å². The van der Waals surface area contributed by atoms with Gasteiger partial charge in [0.25, 0.3) is 0 Å². The summed E-state index contributed by atoms with van der Waals surface area (Å²) in [6.45, 7) is 49.5. The van der Waals surface area contributed by atoms with E-state index >= 15 is 0 Å². The molecule has 5 aliphatic heterocycles. The van der Waals surface area contributed by atoms with Crippen molar-refractivity contribution in [3.63, 3.8) is 0 Å². The fraction of sp³-hybridized carbons (Fsp3) is 0.554. The first-order valence-electron chi connectivity index (χ1n) is 49.4. The van der Waals surface area contributed by atoms with Gasteiger partial charge in [0.2, 0.25) is 41.9 Å². The molecule has 5 unspecified atom stereocenters. The maximum Gasteiger partial charge on any atom is 0.219 e. The number of hydrogen-bond donors (Lipinski definition) is 4. The Morgan fingerprint density at radius 2 is 0.735 bits per heavy atom. The summed E-state index contributed by atoms with van der Waals surface area (Å²) < 4.78 is 75.3. The van der Waals surface area contributed by atoms with E-state index in [1.807, 2.05) is 11.9 Å². The van der Waals surface area contributed by atoms with E-state index in [9.17, 15) is 45.1 Å². The Bertz CT molecular complexity index is 5560. The number of fused-ring (bicyclic) bond motifs is 8. The standard InChI is InChI=1S/2C15H21NO.C15H21N.2C14H21NO2S.C13H19NO2S.C13H19NO.C13H18O/c1-10(2)13-5-6-14-7-11(3)16(12(4)17)9-15(14)8-13;1-10(2)13-5-4-12-6-7-15(16-11(3)17)9-14(12)8-13;1-11(2)13-4-3-12-7-8-16(15-5-6-15)10-14(12)9-13;1-10(2)12-5-4-11-6-7-14(9-13(11)8-12)15-18(3,16)17;1-4-18(16,17)15-8-7-12-5-6-13(11(2)3)9-14(12)10-15;1-10(2)12-5-4-11-6-7-14(17(3,15)16)9-13(11)8-12;1-9(2)10-4-5-12-11(6-10)7-14(3)8-13(12)15;1-9(2)11-4-3-10-5-6-13(14)8-12(10)7-11/h5-6,8,10-11H,7,9H2,1-4H3;4-5,8,10,15H,6-7,9H2,1-3H3,(H,16,17);3-4,9,11,15H,5-8,10H2,1-2H3;4-5,8,10,14-15H,6-7,9H2,1-3H3;5-6,9,11H,4,7-8,10H2,1-3H3;4-5,8,10H,6-7,9H2,1-3H3;4-6,9,13,15H,7-8H2,1-3H3;3-4,7,9,13-14H,5-6,8H2,1-2H3. The summed E-state index contributed by atoms with van der Waals surface area (Å²) in [5.41, 5.74) is 32.4. The van der Waals surface area contributed by atoms with E-state index in [2.05, 4.69) is 283 Å². The van der Waals surface area contributed by atoms with Gasteiger partial charge in [-0.1, -0.05) is 256 Å². The van der Waals surface area contributed by atoms with Crippen molar-refractivity contribution in [2.24, 2.45) is 0 Å². The molecule has 17 nitrogen and oxygen atoms in total. The van der Waals surface area contributed by atoms with Gasteiger partial charge in [0.15, 0.2) is 0 Å². The minimum Gasteiger partial charge on any atom is -0.393 e. The topological polar surface area (TPSA) is 217 Å². The van der Waals surface area contributed by atoms with Crippen molar-refractivity contribution in [2.75, 3.05) is 51.5 Å². The molecule has 5 heterocycles. The summed E-state index contributed by atoms with van der Waals surface area (Å²) in [6, 6.07) is 55.0. The number of aryl methyl sites for hydroxylation is 3. The molecule has 0 radical (unpaired) electrons. The fourth-order valence-corrected chi connectivity index (χ4v) is 21.8. The lowest BCUT2D eigenvalue weighted by molar-refractivity contribution is -0.131. The molecule has 8 aromatic carbocycles. The summed E-state index contributed by atoms with van der Waals surface area (Å²) in [4.78, 5) is 29.5. The molecule has 132 heavy (non-hydrogen) atoms. The lowest BCUT2D eigenvalue weighted by atomic mass is 9.85. The van der Waals surface area contributed by atoms with E-state index < -0.39 is 30.1 Å². The number of amides is 2. The first kappa shape index (κ1) is 106. The zero-order valence-electron chi connectivity index (χ0n) is 84.2. The predicted molar refractivity (Wildman–Crippen MR) is 546 cm³/mol. The van der Waals surface area contributed by atoms with Crippen LogP contribution in [-0.4, -0.2) is 152 Å². The van der Waals surface area contributed by atoms with Crippen LogP contribution in [0.5, 0.6) is 0 Å². The van der Waals surface area contributed by atoms with Crippen LogP contribution in [0, 0.1) is 0 Å². The van der Waals surface area contributed by atoms with Gasteiger partial charge in [-0.15, -0.1) is 0 Å². The molecule has 20 heteroatoms. The second-order valence-corrected chi connectivity index (χ2v) is 47.5. The third kappa shape index (κ3) is 30.9. The fourth-order valence-electron chi connectivity index (χ4n) is 19.2. The highest BCUT2D eigenvalue weighted by Crippen LogP contribution is 2.37. The summed E-state index contributed by atoms with van der Waals surface area (Å²) in [5, 5.41) is 22.5. The molecular formula is C112H161N7O10S3. The number of rotatable bonds is 15. The summed E-state index contributed by atoms with van der Waals surface area (Å²) in [5.74, 6) is 4.83. The average molecular weight is 1860 g/mol. The Balaban J connectivity index is 0.000000157. The van der Waals surface area contributed by atoms with E-state index in [0.717, 1.165) is 114 Å². The second-order valence-electron chi connectivity index (χ2n) is 41.5. The van der Waals surface area contributed by atoms with Crippen LogP contribution in [0.15, 0.2) is 146 Å². The van der Waals surface area contributed by atoms with E-state index in [-0.39, 0.29) is 35.8 Å². The summed E-state index contributed by atoms with van der Waals surface area (Å²) >= 11 is 0. The molecule has 5 atom stereocenters. The third-order valence-electron chi connectivity index (χ3n) is 27.9. The van der Waals surface area contributed by atoms with Crippen molar-refractivity contribution in [1.29, 1.82) is 0 Å². The van der Waals surface area contributed by atoms with Crippen LogP contribution < -0.4 is 10.0 Å². The van der Waals surface area contributed by atoms with Gasteiger partial charge in [0.05, 0.1) is 30.5 Å². The van der Waals surface area contributed by atoms with E-state index in [4.69, 9.17) is 0 Å². The number of nitrogens with zero attached hydrogens (tertiary/aromatic N) is 5. The predicted octanol–water partition coefficient (Wildman–Crippen LogP) is 21.0. The quantitative estimate of drug-likeness (QED) is 0.0754. The lowest BCUT2D eigenvalue weighted by Crippen LogP contribution is -2.41. The number of carbonyl (C=O) groups is 2. The third-order valence-corrected chi connectivity index (χ3v) is 31.8. The molecule has 0 bridgehead atoms. The van der Waals surface area contributed by atoms with Crippen LogP contribution in [0.3, 0.4) is 0 Å². The van der Waals surface area contributed by atoms with Crippen LogP contribution in [0.1, 0.15) is 358 Å². The monoisotopic (exact) mass is 1860 g/mol. The van der Waals surface area contributed by atoms with Crippen LogP contribution in [0.25, 0.3) is 0 Å². The van der Waals surface area contributed by atoms with Crippen molar-refractivity contribution in [1.82, 2.24) is 33.3 Å². The Hall–Kier alpha value is -7.73. The molecule has 9 aliphatic rings. The van der Waals surface area contributed by atoms with Crippen molar-refractivity contribution >= 4 is 41.9 Å². The first-order valence-corrected chi connectivity index (χ1v) is 54.7. The largest absolute Gasteiger partial charge is 0.393 e. The maximum absolute atomic E-state index is 11.9. The average Bonchev–Trinajstić information content (AvgIpc) is 1.59. The smallest absolute Gasteiger partial charge is 0.219 e. The number of aliphatic hydroxyl groups excluding tert-OH is 2. The minimum absolute atomic E-state index is 0.0508. The van der Waals surface area contributed by atoms with E-state index in [1.165, 1.54) is 156 Å². The number of sulfonamides is 3. The summed E-state index contributed by atoms with van der Waals surface area (Å²) in [7, 11) is -7.19. The van der Waals surface area contributed by atoms with Crippen molar-refractivity contribution in [3.8, 4) is 0 Å². The molecule has 2 amide bonds. The number of hydrogen-bond acceptors (Lipinski definition) is 12. The highest BCUT2D eigenvalue weighted by Gasteiger charge is 2.33. The molecule has 17 rings (SSSR count). The zero-order valence-corrected chi connectivity index (χ0v) is 86.7. The molecule has 0 spiro atoms. The Morgan fingerprint density at radius 3 is 1.14 bits per heavy atom. The van der Waals surface area contributed by atoms with E-state index in [0.29, 0.717) is 85.6 Å². The Morgan fingerprint density at radius 1 is 0.386 bits per heavy atom. The highest BCUT2D eigenvalue weighted by molar-refractivity contribution is 7.89. The van der Waals surface area contributed by atoms with Gasteiger partial charge in [-0.2, -0.15) is 8.61 Å². The van der Waals surface area contributed by atoms with Crippen LogP contribution >= 0.6 is 0 Å². The number of aliphatic hydroxyl groups is 2. The van der Waals surface area contributed by atoms with Gasteiger partial charge in [0, 0.05) is 96.9 Å². The van der Waals surface area contributed by atoms with Gasteiger partial charge in [0.1, 0.15) is 0 Å². The minimum atomic E-state index is -3.10. The Labute approximate surface area is 796 Å². The normalized spacial score (nSPS) is 19.4. The van der Waals surface area contributed by atoms with Crippen LogP contribution in [0.2, 0.25) is 0 Å². The number of nitrogens with one attached hydrogen (secondary N) is 2. The molecule has 1 fully saturated rings. The molecule has 0 aromatic heterocycles. The number of benzene rings is 8. The molecule has 722 valence electrons. The van der Waals surface area contributed by atoms with E-state index in [1.54, 1.807) is 40.5 Å². The van der Waals surface area contributed by atoms with Gasteiger partial charge in [-0.25, -0.2) is 30.0 Å². The first-order chi connectivity index (χ1) is 62.2. The highest BCUT2D eigenvalue weighted by atomic mass is 32.2. The lowest BCUT2D eigenvalue weighted by Gasteiger charge is -2.34. The van der Waals surface area contributed by atoms with Crippen molar-refractivity contribution in [2.45, 2.75) is 351 Å². The SMILES string of the molecule is CC(=O)N1Cc2cc(C(C)C)ccc2CC1C.CC(=O)NC1CCc2ccc(C(C)C)cc2C1.CC(C)c1ccc2c(c1)CC(NS(C)(=O)=O)CC2.CC(C)c1ccc2c(c1)CC(O)CC2.CC(C)c1ccc2c(c1)CN(C)CC2O.CC(C)c1ccc2c(c1)CN(C1CC1)CC2.CC(C)c1ccc2c(c1)CN(S(C)(=O)=O)CC2.CCS(=O)(=O)N1CCc2ccc(C(C)C)cc2C1. The summed E-state index contributed by atoms with van der Waals surface area (Å²) in [6.07, 6.45) is 17.4. The van der Waals surface area contributed by atoms with Crippen molar-refractivity contribution < 1.29 is 45.1 Å². The number of β-amino-alcohol motifs (C(OH)–C–C–N with tert-alkyl or cyclic N) is 1. The van der Waals surface area contributed by atoms with Gasteiger partial charge in [-0.3, -0.25) is 19.4 Å². The van der Waals surface area contributed by atoms with Gasteiger partial charge < -0.3 is 20.4 Å². The molecule has 4 N–H and O–H groups in total. The van der Waals surface area contributed by atoms with Gasteiger partial charge >= 0.3 is 0 Å².